The number of fused-ring (bicyclic) bond motifs is 2. The maximum Gasteiger partial charge on any atom is 0.164 e. The molecule has 9 aromatic rings. The first-order valence-corrected chi connectivity index (χ1v) is 16.5. The minimum absolute atomic E-state index is 0.00668. The summed E-state index contributed by atoms with van der Waals surface area (Å²) in [6.45, 7) is 0. The van der Waals surface area contributed by atoms with Gasteiger partial charge in [0.05, 0.1) is 6.85 Å². The summed E-state index contributed by atoms with van der Waals surface area (Å²) in [5.41, 5.74) is 7.48. The maximum absolute atomic E-state index is 8.82. The third-order valence-corrected chi connectivity index (χ3v) is 9.05. The maximum atomic E-state index is 8.82. The van der Waals surface area contributed by atoms with Crippen LogP contribution in [0.15, 0.2) is 188 Å². The molecule has 0 aliphatic carbocycles. The van der Waals surface area contributed by atoms with Crippen LogP contribution in [0.5, 0.6) is 0 Å². The van der Waals surface area contributed by atoms with Gasteiger partial charge in [0, 0.05) is 16.7 Å². The van der Waals surface area contributed by atoms with E-state index in [0.29, 0.717) is 17.2 Å². The number of rotatable bonds is 6. The smallest absolute Gasteiger partial charge is 0.164 e. The average molecular weight is 643 g/mol. The average Bonchev–Trinajstić information content (AvgIpc) is 3.24. The highest BCUT2D eigenvalue weighted by Gasteiger charge is 2.17. The number of hydrogen-bond donors (Lipinski definition) is 0. The lowest BCUT2D eigenvalue weighted by Crippen LogP contribution is -2.01. The van der Waals surface area contributed by atoms with Gasteiger partial charge in [-0.05, 0) is 61.0 Å². The van der Waals surface area contributed by atoms with E-state index in [4.69, 9.17) is 21.8 Å². The van der Waals surface area contributed by atoms with E-state index in [-0.39, 0.29) is 23.5 Å². The molecule has 9 rings (SSSR count). The van der Waals surface area contributed by atoms with Crippen LogP contribution in [0.1, 0.15) is 6.85 Å². The van der Waals surface area contributed by atoms with Crippen molar-refractivity contribution < 1.29 is 6.85 Å². The molecule has 0 atom stereocenters. The molecule has 0 unspecified atom stereocenters. The molecule has 0 bridgehead atoms. The standard InChI is InChI=1S/C47H31N3/c1-3-15-32(16-4-1)38-29-30-39(41-25-10-9-24-40(38)41)35-21-13-22-36(31-35)46-48-45(34-18-5-2-6-19-34)49-47(50-46)44-27-12-11-26-43(44)42-28-14-20-33-17-7-8-23-37(33)42/h1-31H/i2D,5D,6D,18D,19D. The Kier molecular flexibility index (Phi) is 6.22. The zero-order chi connectivity index (χ0) is 37.6. The van der Waals surface area contributed by atoms with Crippen LogP contribution in [0.25, 0.3) is 89.1 Å². The van der Waals surface area contributed by atoms with Gasteiger partial charge in [-0.25, -0.2) is 15.0 Å². The lowest BCUT2D eigenvalue weighted by Gasteiger charge is -2.14. The first-order valence-electron chi connectivity index (χ1n) is 19.0. The predicted octanol–water partition coefficient (Wildman–Crippen LogP) is 12.2. The fourth-order valence-corrected chi connectivity index (χ4v) is 6.72. The largest absolute Gasteiger partial charge is 0.208 e. The molecule has 8 aromatic carbocycles. The van der Waals surface area contributed by atoms with Crippen LogP contribution in [-0.4, -0.2) is 15.0 Å². The fraction of sp³-hybridized carbons (Fsp3) is 0. The summed E-state index contributed by atoms with van der Waals surface area (Å²) in [7, 11) is 0. The van der Waals surface area contributed by atoms with Gasteiger partial charge in [-0.2, -0.15) is 0 Å². The molecule has 1 aromatic heterocycles. The van der Waals surface area contributed by atoms with Gasteiger partial charge in [0.1, 0.15) is 0 Å². The van der Waals surface area contributed by atoms with Gasteiger partial charge in [0.25, 0.3) is 0 Å². The second-order valence-electron chi connectivity index (χ2n) is 12.0. The van der Waals surface area contributed by atoms with E-state index in [1.165, 1.54) is 0 Å². The molecule has 0 saturated carbocycles. The van der Waals surface area contributed by atoms with Gasteiger partial charge in [0.15, 0.2) is 17.5 Å². The summed E-state index contributed by atoms with van der Waals surface area (Å²) in [6, 6.07) is 51.0. The van der Waals surface area contributed by atoms with Gasteiger partial charge >= 0.3 is 0 Å². The molecule has 3 heteroatoms. The van der Waals surface area contributed by atoms with Crippen molar-refractivity contribution in [3.05, 3.63) is 188 Å². The molecular weight excluding hydrogens is 607 g/mol. The summed E-state index contributed by atoms with van der Waals surface area (Å²) in [6.07, 6.45) is 0. The van der Waals surface area contributed by atoms with E-state index in [9.17, 15) is 0 Å². The van der Waals surface area contributed by atoms with E-state index in [1.807, 2.05) is 84.9 Å². The van der Waals surface area contributed by atoms with Crippen LogP contribution in [0.4, 0.5) is 0 Å². The second kappa shape index (κ2) is 12.7. The summed E-state index contributed by atoms with van der Waals surface area (Å²) < 4.78 is 42.7. The zero-order valence-corrected chi connectivity index (χ0v) is 26.9. The van der Waals surface area contributed by atoms with Crippen molar-refractivity contribution in [2.75, 3.05) is 0 Å². The molecule has 3 nitrogen and oxygen atoms in total. The van der Waals surface area contributed by atoms with E-state index < -0.39 is 18.1 Å². The second-order valence-corrected chi connectivity index (χ2v) is 12.0. The van der Waals surface area contributed by atoms with Crippen molar-refractivity contribution in [3.8, 4) is 67.5 Å². The number of aromatic nitrogens is 3. The highest BCUT2D eigenvalue weighted by atomic mass is 15.0. The van der Waals surface area contributed by atoms with Crippen LogP contribution in [-0.2, 0) is 0 Å². The van der Waals surface area contributed by atoms with Crippen molar-refractivity contribution in [1.29, 1.82) is 0 Å². The SMILES string of the molecule is [2H]c1c([2H])c([2H])c(-c2nc(-c3cccc(-c4ccc(-c5ccccc5)c5ccccc45)c3)nc(-c3ccccc3-c3cccc4ccccc34)n2)c([2H])c1[2H]. The minimum atomic E-state index is -0.479. The van der Waals surface area contributed by atoms with Crippen LogP contribution >= 0.6 is 0 Å². The molecule has 0 saturated heterocycles. The number of nitrogens with zero attached hydrogens (tertiary/aromatic N) is 3. The topological polar surface area (TPSA) is 38.7 Å². The van der Waals surface area contributed by atoms with E-state index >= 15 is 0 Å². The van der Waals surface area contributed by atoms with Crippen molar-refractivity contribution >= 4 is 21.5 Å². The minimum Gasteiger partial charge on any atom is -0.208 e. The first kappa shape index (κ1) is 24.4. The fourth-order valence-electron chi connectivity index (χ4n) is 6.72. The summed E-state index contributed by atoms with van der Waals surface area (Å²) >= 11 is 0. The predicted molar refractivity (Wildman–Crippen MR) is 207 cm³/mol. The monoisotopic (exact) mass is 642 g/mol. The van der Waals surface area contributed by atoms with Gasteiger partial charge in [-0.1, -0.05) is 182 Å². The van der Waals surface area contributed by atoms with Gasteiger partial charge in [-0.3, -0.25) is 0 Å². The van der Waals surface area contributed by atoms with Gasteiger partial charge in [0.2, 0.25) is 0 Å². The lowest BCUT2D eigenvalue weighted by atomic mass is 9.91. The Hall–Kier alpha value is -6.71. The number of hydrogen-bond acceptors (Lipinski definition) is 3. The molecule has 0 spiro atoms. The Morgan fingerprint density at radius 2 is 0.840 bits per heavy atom. The summed E-state index contributed by atoms with van der Waals surface area (Å²) in [5.74, 6) is 0.623. The van der Waals surface area contributed by atoms with Crippen molar-refractivity contribution in [2.45, 2.75) is 0 Å². The molecule has 1 heterocycles. The Bertz CT molecular complexity index is 2910. The number of benzene rings is 8. The lowest BCUT2D eigenvalue weighted by molar-refractivity contribution is 1.07. The third-order valence-electron chi connectivity index (χ3n) is 9.05. The molecular formula is C47H31N3. The Morgan fingerprint density at radius 3 is 1.62 bits per heavy atom. The summed E-state index contributed by atoms with van der Waals surface area (Å²) in [5, 5.41) is 4.39. The van der Waals surface area contributed by atoms with Crippen molar-refractivity contribution in [1.82, 2.24) is 15.0 Å². The van der Waals surface area contributed by atoms with Crippen LogP contribution in [0, 0.1) is 0 Å². The molecule has 0 aliphatic heterocycles. The van der Waals surface area contributed by atoms with Crippen LogP contribution in [0.3, 0.4) is 0 Å². The highest BCUT2D eigenvalue weighted by molar-refractivity contribution is 6.05. The first-order chi connectivity index (χ1) is 26.9. The molecule has 0 fully saturated rings. The Morgan fingerprint density at radius 1 is 0.320 bits per heavy atom. The van der Waals surface area contributed by atoms with Gasteiger partial charge in [-0.15, -0.1) is 0 Å². The van der Waals surface area contributed by atoms with Gasteiger partial charge < -0.3 is 0 Å². The molecule has 0 N–H and O–H groups in total. The molecule has 0 aliphatic rings. The normalized spacial score (nSPS) is 12.6. The molecule has 50 heavy (non-hydrogen) atoms. The summed E-state index contributed by atoms with van der Waals surface area (Å²) in [4.78, 5) is 14.8. The van der Waals surface area contributed by atoms with Crippen LogP contribution in [0.2, 0.25) is 0 Å². The van der Waals surface area contributed by atoms with Crippen molar-refractivity contribution in [2.24, 2.45) is 0 Å². The van der Waals surface area contributed by atoms with Crippen molar-refractivity contribution in [3.63, 3.8) is 0 Å². The van der Waals surface area contributed by atoms with E-state index in [0.717, 1.165) is 60.5 Å². The zero-order valence-electron chi connectivity index (χ0n) is 31.9. The van der Waals surface area contributed by atoms with E-state index in [2.05, 4.69) is 72.8 Å². The Balaban J connectivity index is 1.26. The molecule has 0 amide bonds. The third kappa shape index (κ3) is 5.41. The van der Waals surface area contributed by atoms with Crippen LogP contribution < -0.4 is 0 Å². The highest BCUT2D eigenvalue weighted by Crippen LogP contribution is 2.38. The quantitative estimate of drug-likeness (QED) is 0.181. The molecule has 234 valence electrons. The Labute approximate surface area is 298 Å². The van der Waals surface area contributed by atoms with E-state index in [1.54, 1.807) is 0 Å². The molecule has 0 radical (unpaired) electrons.